The number of rotatable bonds is 6. The minimum Gasteiger partial charge on any atom is -0.341 e. The SMILES string of the molecule is O=C(c1cn(-c2ccc(F)cc2-c2cncnc2C2CC2)c2cnccc12)C1CCN(C(=O)[C@H]2N[C@@H]3CC[C@H]2C3)CC1. The van der Waals surface area contributed by atoms with Crippen molar-refractivity contribution in [1.29, 1.82) is 0 Å². The van der Waals surface area contributed by atoms with Gasteiger partial charge in [-0.1, -0.05) is 0 Å². The number of amides is 1. The van der Waals surface area contributed by atoms with Gasteiger partial charge in [-0.25, -0.2) is 14.4 Å². The zero-order chi connectivity index (χ0) is 28.4. The van der Waals surface area contributed by atoms with Crippen LogP contribution in [0.3, 0.4) is 0 Å². The fourth-order valence-electron chi connectivity index (χ4n) is 7.54. The second-order valence-electron chi connectivity index (χ2n) is 12.4. The van der Waals surface area contributed by atoms with Crippen LogP contribution in [0.2, 0.25) is 0 Å². The van der Waals surface area contributed by atoms with Crippen LogP contribution in [0.5, 0.6) is 0 Å². The molecular weight excluding hydrogens is 531 g/mol. The number of nitrogens with one attached hydrogen (secondary N) is 1. The number of piperidine rings is 2. The van der Waals surface area contributed by atoms with Crippen LogP contribution in [-0.2, 0) is 4.79 Å². The molecule has 4 aromatic rings. The first-order chi connectivity index (χ1) is 20.5. The molecule has 0 radical (unpaired) electrons. The first-order valence-electron chi connectivity index (χ1n) is 15.2. The number of nitrogens with zero attached hydrogens (tertiary/aromatic N) is 5. The maximum Gasteiger partial charge on any atom is 0.240 e. The lowest BCUT2D eigenvalue weighted by molar-refractivity contribution is -0.135. The molecule has 3 aromatic heterocycles. The van der Waals surface area contributed by atoms with Gasteiger partial charge in [0.2, 0.25) is 5.91 Å². The summed E-state index contributed by atoms with van der Waals surface area (Å²) in [6.07, 6.45) is 15.5. The Morgan fingerprint density at radius 2 is 1.81 bits per heavy atom. The van der Waals surface area contributed by atoms with Crippen LogP contribution < -0.4 is 5.32 Å². The molecule has 5 heterocycles. The van der Waals surface area contributed by atoms with Crippen molar-refractivity contribution in [2.45, 2.75) is 62.9 Å². The molecule has 3 atom stereocenters. The molecule has 1 amide bonds. The third kappa shape index (κ3) is 4.33. The van der Waals surface area contributed by atoms with Crippen molar-refractivity contribution in [3.05, 3.63) is 72.5 Å². The van der Waals surface area contributed by atoms with Crippen LogP contribution in [0.1, 0.15) is 66.9 Å². The Hall–Kier alpha value is -3.98. The summed E-state index contributed by atoms with van der Waals surface area (Å²) in [7, 11) is 0. The van der Waals surface area contributed by atoms with Crippen molar-refractivity contribution < 1.29 is 14.0 Å². The van der Waals surface area contributed by atoms with E-state index in [1.165, 1.54) is 18.6 Å². The van der Waals surface area contributed by atoms with Crippen molar-refractivity contribution in [2.24, 2.45) is 11.8 Å². The molecule has 2 bridgehead atoms. The van der Waals surface area contributed by atoms with Crippen LogP contribution in [0, 0.1) is 17.7 Å². The Morgan fingerprint density at radius 3 is 2.57 bits per heavy atom. The van der Waals surface area contributed by atoms with Gasteiger partial charge in [0.1, 0.15) is 12.1 Å². The minimum atomic E-state index is -0.341. The van der Waals surface area contributed by atoms with E-state index in [4.69, 9.17) is 0 Å². The molecule has 8 nitrogen and oxygen atoms in total. The third-order valence-electron chi connectivity index (χ3n) is 9.89. The van der Waals surface area contributed by atoms with E-state index in [9.17, 15) is 14.0 Å². The quantitative estimate of drug-likeness (QED) is 0.329. The van der Waals surface area contributed by atoms with E-state index in [1.54, 1.807) is 31.0 Å². The van der Waals surface area contributed by atoms with E-state index in [2.05, 4.69) is 20.3 Å². The number of aromatic nitrogens is 4. The van der Waals surface area contributed by atoms with Crippen molar-refractivity contribution >= 4 is 22.6 Å². The number of likely N-dealkylation sites (tertiary alicyclic amines) is 1. The van der Waals surface area contributed by atoms with Crippen LogP contribution >= 0.6 is 0 Å². The number of carbonyl (C=O) groups excluding carboxylic acids is 2. The first-order valence-corrected chi connectivity index (χ1v) is 15.2. The van der Waals surface area contributed by atoms with Gasteiger partial charge in [-0.3, -0.25) is 14.6 Å². The average Bonchev–Trinajstić information content (AvgIpc) is 3.47. The van der Waals surface area contributed by atoms with Gasteiger partial charge in [0, 0.05) is 71.6 Å². The largest absolute Gasteiger partial charge is 0.341 e. The van der Waals surface area contributed by atoms with Gasteiger partial charge in [0.25, 0.3) is 0 Å². The Kier molecular flexibility index (Phi) is 6.17. The molecule has 214 valence electrons. The fraction of sp³-hybridized carbons (Fsp3) is 0.424. The molecule has 4 aliphatic rings. The van der Waals surface area contributed by atoms with Crippen molar-refractivity contribution in [3.8, 4) is 16.8 Å². The highest BCUT2D eigenvalue weighted by molar-refractivity contribution is 6.09. The van der Waals surface area contributed by atoms with E-state index in [0.29, 0.717) is 54.9 Å². The highest BCUT2D eigenvalue weighted by Gasteiger charge is 2.44. The summed E-state index contributed by atoms with van der Waals surface area (Å²) in [5, 5.41) is 4.34. The number of hydrogen-bond acceptors (Lipinski definition) is 6. The fourth-order valence-corrected chi connectivity index (χ4v) is 7.54. The summed E-state index contributed by atoms with van der Waals surface area (Å²) in [4.78, 5) is 42.4. The molecule has 42 heavy (non-hydrogen) atoms. The van der Waals surface area contributed by atoms with Gasteiger partial charge < -0.3 is 14.8 Å². The van der Waals surface area contributed by atoms with Crippen molar-refractivity contribution in [2.75, 3.05) is 13.1 Å². The van der Waals surface area contributed by atoms with Crippen molar-refractivity contribution in [1.82, 2.24) is 29.7 Å². The lowest BCUT2D eigenvalue weighted by Crippen LogP contribution is -2.51. The van der Waals surface area contributed by atoms with Crippen LogP contribution in [-0.4, -0.2) is 61.3 Å². The zero-order valence-corrected chi connectivity index (χ0v) is 23.4. The van der Waals surface area contributed by atoms with Gasteiger partial charge in [-0.05, 0) is 75.1 Å². The number of hydrogen-bond donors (Lipinski definition) is 1. The number of ketones is 1. The molecule has 2 aliphatic carbocycles. The molecular formula is C33H33FN6O2. The van der Waals surface area contributed by atoms with Gasteiger partial charge in [-0.2, -0.15) is 0 Å². The minimum absolute atomic E-state index is 0.0539. The Bertz CT molecular complexity index is 1710. The predicted molar refractivity (Wildman–Crippen MR) is 156 cm³/mol. The summed E-state index contributed by atoms with van der Waals surface area (Å²) < 4.78 is 16.6. The van der Waals surface area contributed by atoms with E-state index < -0.39 is 0 Å². The lowest BCUT2D eigenvalue weighted by atomic mass is 9.88. The predicted octanol–water partition coefficient (Wildman–Crippen LogP) is 5.06. The van der Waals surface area contributed by atoms with E-state index in [0.717, 1.165) is 53.5 Å². The average molecular weight is 565 g/mol. The van der Waals surface area contributed by atoms with Gasteiger partial charge in [0.05, 0.1) is 29.1 Å². The molecule has 9 heteroatoms. The molecule has 0 unspecified atom stereocenters. The first kappa shape index (κ1) is 25.7. The number of fused-ring (bicyclic) bond motifs is 3. The number of halogens is 1. The smallest absolute Gasteiger partial charge is 0.240 e. The summed E-state index contributed by atoms with van der Waals surface area (Å²) in [5.41, 5.74) is 4.62. The highest BCUT2D eigenvalue weighted by Crippen LogP contribution is 2.44. The number of benzene rings is 1. The summed E-state index contributed by atoms with van der Waals surface area (Å²) in [5.74, 6) is 0.603. The zero-order valence-electron chi connectivity index (χ0n) is 23.4. The number of pyridine rings is 1. The molecule has 8 rings (SSSR count). The Balaban J connectivity index is 1.10. The molecule has 4 fully saturated rings. The molecule has 1 aromatic carbocycles. The van der Waals surface area contributed by atoms with Gasteiger partial charge >= 0.3 is 0 Å². The summed E-state index contributed by atoms with van der Waals surface area (Å²) in [6, 6.07) is 7.04. The maximum absolute atomic E-state index is 14.7. The second-order valence-corrected chi connectivity index (χ2v) is 12.4. The summed E-state index contributed by atoms with van der Waals surface area (Å²) in [6.45, 7) is 1.20. The standard InChI is InChI=1S/C33H33FN6O2/c34-22-4-6-28(25(14-22)26-15-36-18-37-30(26)19-1-2-19)40-17-27(24-7-10-35-16-29(24)40)32(41)20-8-11-39(12-9-20)33(42)31-21-3-5-23(13-21)38-31/h4,6-7,10,14-21,23,31,38H,1-3,5,8-9,11-13H2/t21-,23+,31-/m0/s1. The lowest BCUT2D eigenvalue weighted by Gasteiger charge is -2.35. The Labute approximate surface area is 243 Å². The monoisotopic (exact) mass is 564 g/mol. The second kappa shape index (κ2) is 10.1. The van der Waals surface area contributed by atoms with E-state index >= 15 is 0 Å². The van der Waals surface area contributed by atoms with Crippen LogP contribution in [0.25, 0.3) is 27.7 Å². The third-order valence-corrected chi connectivity index (χ3v) is 9.89. The highest BCUT2D eigenvalue weighted by atomic mass is 19.1. The molecule has 2 aliphatic heterocycles. The van der Waals surface area contributed by atoms with Gasteiger partial charge in [-0.15, -0.1) is 0 Å². The van der Waals surface area contributed by atoms with Crippen LogP contribution in [0.15, 0.2) is 55.4 Å². The van der Waals surface area contributed by atoms with Crippen molar-refractivity contribution in [3.63, 3.8) is 0 Å². The summed E-state index contributed by atoms with van der Waals surface area (Å²) >= 11 is 0. The Morgan fingerprint density at radius 1 is 0.952 bits per heavy atom. The number of carbonyl (C=O) groups is 2. The van der Waals surface area contributed by atoms with Gasteiger partial charge in [0.15, 0.2) is 5.78 Å². The topological polar surface area (TPSA) is 93.0 Å². The van der Waals surface area contributed by atoms with E-state index in [-0.39, 0.29) is 29.5 Å². The number of Topliss-reactive ketones (excluding diaryl/α,β-unsaturated/α-hetero) is 1. The molecule has 1 N–H and O–H groups in total. The van der Waals surface area contributed by atoms with E-state index in [1.807, 2.05) is 21.7 Å². The van der Waals surface area contributed by atoms with Crippen LogP contribution in [0.4, 0.5) is 4.39 Å². The molecule has 0 spiro atoms. The molecule has 2 saturated heterocycles. The normalized spacial score (nSPS) is 24.0. The maximum atomic E-state index is 14.7. The molecule has 2 saturated carbocycles.